The van der Waals surface area contributed by atoms with E-state index in [0.29, 0.717) is 34.5 Å². The molecule has 0 spiro atoms. The average molecular weight is 374 g/mol. The maximum absolute atomic E-state index is 12.5. The SMILES string of the molecule is Cc1nn(Cc2ccccc2)c(Cl)c1C(=O)NCc1ccccc1Cl. The molecule has 0 aliphatic rings. The van der Waals surface area contributed by atoms with Crippen LogP contribution in [0, 0.1) is 6.92 Å². The molecular weight excluding hydrogens is 357 g/mol. The highest BCUT2D eigenvalue weighted by Crippen LogP contribution is 2.21. The number of benzene rings is 2. The van der Waals surface area contributed by atoms with Gasteiger partial charge in [-0.05, 0) is 24.1 Å². The molecule has 2 aromatic carbocycles. The van der Waals surface area contributed by atoms with Gasteiger partial charge in [0.2, 0.25) is 0 Å². The summed E-state index contributed by atoms with van der Waals surface area (Å²) in [6.45, 7) is 2.62. The molecule has 1 N–H and O–H groups in total. The highest BCUT2D eigenvalue weighted by atomic mass is 35.5. The van der Waals surface area contributed by atoms with Crippen molar-refractivity contribution in [2.75, 3.05) is 0 Å². The summed E-state index contributed by atoms with van der Waals surface area (Å²) in [5.74, 6) is -0.262. The van der Waals surface area contributed by atoms with Gasteiger partial charge in [-0.2, -0.15) is 5.10 Å². The first-order valence-corrected chi connectivity index (χ1v) is 8.60. The number of nitrogens with one attached hydrogen (secondary N) is 1. The smallest absolute Gasteiger partial charge is 0.256 e. The van der Waals surface area contributed by atoms with E-state index in [1.807, 2.05) is 48.5 Å². The molecule has 0 fully saturated rings. The summed E-state index contributed by atoms with van der Waals surface area (Å²) in [5, 5.41) is 8.20. The van der Waals surface area contributed by atoms with Crippen LogP contribution in [-0.2, 0) is 13.1 Å². The second-order valence-electron chi connectivity index (χ2n) is 5.67. The number of nitrogens with zero attached hydrogens (tertiary/aromatic N) is 2. The lowest BCUT2D eigenvalue weighted by atomic mass is 10.2. The van der Waals surface area contributed by atoms with Gasteiger partial charge in [-0.25, -0.2) is 4.68 Å². The number of carbonyl (C=O) groups excluding carboxylic acids is 1. The van der Waals surface area contributed by atoms with Gasteiger partial charge in [0.1, 0.15) is 5.15 Å². The first-order valence-electron chi connectivity index (χ1n) is 7.84. The summed E-state index contributed by atoms with van der Waals surface area (Å²) in [6, 6.07) is 17.2. The Labute approximate surface area is 156 Å². The highest BCUT2D eigenvalue weighted by Gasteiger charge is 2.20. The van der Waals surface area contributed by atoms with Gasteiger partial charge in [0.15, 0.2) is 0 Å². The third kappa shape index (κ3) is 4.03. The molecule has 3 rings (SSSR count). The monoisotopic (exact) mass is 373 g/mol. The molecule has 0 saturated carbocycles. The maximum Gasteiger partial charge on any atom is 0.256 e. The first kappa shape index (κ1) is 17.5. The normalized spacial score (nSPS) is 10.7. The minimum absolute atomic E-state index is 0.262. The molecule has 1 aromatic heterocycles. The first-order chi connectivity index (χ1) is 12.1. The summed E-state index contributed by atoms with van der Waals surface area (Å²) in [4.78, 5) is 12.5. The Hall–Kier alpha value is -2.30. The number of carbonyl (C=O) groups is 1. The maximum atomic E-state index is 12.5. The van der Waals surface area contributed by atoms with E-state index in [1.165, 1.54) is 0 Å². The summed E-state index contributed by atoms with van der Waals surface area (Å²) in [5.41, 5.74) is 2.90. The lowest BCUT2D eigenvalue weighted by Gasteiger charge is -2.07. The number of halogens is 2. The molecule has 0 unspecified atom stereocenters. The third-order valence-electron chi connectivity index (χ3n) is 3.86. The van der Waals surface area contributed by atoms with Gasteiger partial charge in [-0.15, -0.1) is 0 Å². The zero-order valence-electron chi connectivity index (χ0n) is 13.7. The Morgan fingerprint density at radius 2 is 1.76 bits per heavy atom. The van der Waals surface area contributed by atoms with Gasteiger partial charge < -0.3 is 5.32 Å². The molecule has 0 saturated heterocycles. The van der Waals surface area contributed by atoms with Crippen molar-refractivity contribution >= 4 is 29.1 Å². The molecule has 0 atom stereocenters. The molecule has 0 bridgehead atoms. The molecule has 0 aliphatic heterocycles. The Morgan fingerprint density at radius 3 is 2.48 bits per heavy atom. The highest BCUT2D eigenvalue weighted by molar-refractivity contribution is 6.33. The van der Waals surface area contributed by atoms with Gasteiger partial charge >= 0.3 is 0 Å². The van der Waals surface area contributed by atoms with Crippen molar-refractivity contribution < 1.29 is 4.79 Å². The number of amides is 1. The summed E-state index contributed by atoms with van der Waals surface area (Å²) in [6.07, 6.45) is 0. The Balaban J connectivity index is 1.76. The largest absolute Gasteiger partial charge is 0.348 e. The summed E-state index contributed by atoms with van der Waals surface area (Å²) in [7, 11) is 0. The number of aromatic nitrogens is 2. The Morgan fingerprint density at radius 1 is 1.08 bits per heavy atom. The molecule has 25 heavy (non-hydrogen) atoms. The van der Waals surface area contributed by atoms with Crippen molar-refractivity contribution in [2.24, 2.45) is 0 Å². The van der Waals surface area contributed by atoms with Crippen molar-refractivity contribution in [3.8, 4) is 0 Å². The molecule has 6 heteroatoms. The number of hydrogen-bond acceptors (Lipinski definition) is 2. The van der Waals surface area contributed by atoms with Crippen LogP contribution in [0.15, 0.2) is 54.6 Å². The summed E-state index contributed by atoms with van der Waals surface area (Å²) < 4.78 is 1.64. The van der Waals surface area contributed by atoms with Gasteiger partial charge in [0, 0.05) is 11.6 Å². The van der Waals surface area contributed by atoms with E-state index < -0.39 is 0 Å². The molecule has 128 valence electrons. The van der Waals surface area contributed by atoms with Crippen LogP contribution < -0.4 is 5.32 Å². The van der Waals surface area contributed by atoms with Crippen LogP contribution in [0.1, 0.15) is 27.2 Å². The molecule has 1 amide bonds. The summed E-state index contributed by atoms with van der Waals surface area (Å²) >= 11 is 12.5. The quantitative estimate of drug-likeness (QED) is 0.716. The fourth-order valence-electron chi connectivity index (χ4n) is 2.58. The Bertz CT molecular complexity index is 891. The van der Waals surface area contributed by atoms with Crippen LogP contribution in [0.5, 0.6) is 0 Å². The lowest BCUT2D eigenvalue weighted by Crippen LogP contribution is -2.23. The van der Waals surface area contributed by atoms with Crippen LogP contribution in [0.4, 0.5) is 0 Å². The van der Waals surface area contributed by atoms with E-state index in [1.54, 1.807) is 17.7 Å². The van der Waals surface area contributed by atoms with Crippen LogP contribution in [0.3, 0.4) is 0 Å². The molecule has 3 aromatic rings. The number of aryl methyl sites for hydroxylation is 1. The van der Waals surface area contributed by atoms with Crippen LogP contribution in [-0.4, -0.2) is 15.7 Å². The molecule has 1 heterocycles. The lowest BCUT2D eigenvalue weighted by molar-refractivity contribution is 0.0950. The van der Waals surface area contributed by atoms with Crippen molar-refractivity contribution in [1.29, 1.82) is 0 Å². The fourth-order valence-corrected chi connectivity index (χ4v) is 3.10. The fraction of sp³-hybridized carbons (Fsp3) is 0.158. The third-order valence-corrected chi connectivity index (χ3v) is 4.62. The van der Waals surface area contributed by atoms with Crippen LogP contribution in [0.25, 0.3) is 0 Å². The molecule has 0 radical (unpaired) electrons. The van der Waals surface area contributed by atoms with Crippen LogP contribution >= 0.6 is 23.2 Å². The standard InChI is InChI=1S/C19H17Cl2N3O/c1-13-17(19(25)22-11-15-9-5-6-10-16(15)20)18(21)24(23-13)12-14-7-3-2-4-8-14/h2-10H,11-12H2,1H3,(H,22,25). The van der Waals surface area contributed by atoms with Crippen molar-refractivity contribution in [3.05, 3.63) is 87.2 Å². The molecule has 4 nitrogen and oxygen atoms in total. The van der Waals surface area contributed by atoms with Crippen molar-refractivity contribution in [3.63, 3.8) is 0 Å². The zero-order chi connectivity index (χ0) is 17.8. The predicted octanol–water partition coefficient (Wildman–Crippen LogP) is 4.48. The average Bonchev–Trinajstić information content (AvgIpc) is 2.88. The van der Waals surface area contributed by atoms with E-state index in [4.69, 9.17) is 23.2 Å². The van der Waals surface area contributed by atoms with Crippen molar-refractivity contribution in [2.45, 2.75) is 20.0 Å². The topological polar surface area (TPSA) is 46.9 Å². The minimum Gasteiger partial charge on any atom is -0.348 e. The van der Waals surface area contributed by atoms with E-state index >= 15 is 0 Å². The molecule has 0 aliphatic carbocycles. The second kappa shape index (κ2) is 7.72. The van der Waals surface area contributed by atoms with E-state index in [-0.39, 0.29) is 5.91 Å². The van der Waals surface area contributed by atoms with Gasteiger partial charge in [0.05, 0.1) is 17.8 Å². The Kier molecular flexibility index (Phi) is 5.41. The zero-order valence-corrected chi connectivity index (χ0v) is 15.2. The van der Waals surface area contributed by atoms with E-state index in [0.717, 1.165) is 11.1 Å². The van der Waals surface area contributed by atoms with Gasteiger partial charge in [-0.3, -0.25) is 4.79 Å². The van der Waals surface area contributed by atoms with Crippen LogP contribution in [0.2, 0.25) is 10.2 Å². The van der Waals surface area contributed by atoms with Gasteiger partial charge in [-0.1, -0.05) is 71.7 Å². The number of hydrogen-bond donors (Lipinski definition) is 1. The van der Waals surface area contributed by atoms with Crippen molar-refractivity contribution in [1.82, 2.24) is 15.1 Å². The predicted molar refractivity (Wildman–Crippen MR) is 100 cm³/mol. The van der Waals surface area contributed by atoms with Gasteiger partial charge in [0.25, 0.3) is 5.91 Å². The van der Waals surface area contributed by atoms with E-state index in [9.17, 15) is 4.79 Å². The second-order valence-corrected chi connectivity index (χ2v) is 6.43. The van der Waals surface area contributed by atoms with E-state index in [2.05, 4.69) is 10.4 Å². The minimum atomic E-state index is -0.262. The number of rotatable bonds is 5. The molecular formula is C19H17Cl2N3O.